The van der Waals surface area contributed by atoms with Crippen LogP contribution in [0, 0.1) is 0 Å². The third kappa shape index (κ3) is 2.53. The lowest BCUT2D eigenvalue weighted by Crippen LogP contribution is -2.12. The first-order valence-corrected chi connectivity index (χ1v) is 6.31. The van der Waals surface area contributed by atoms with Crippen LogP contribution in [0.5, 0.6) is 0 Å². The Bertz CT molecular complexity index is 798. The number of aryl methyl sites for hydroxylation is 1. The summed E-state index contributed by atoms with van der Waals surface area (Å²) < 4.78 is 6.85. The molecule has 2 N–H and O–H groups in total. The van der Waals surface area contributed by atoms with E-state index in [1.54, 1.807) is 17.9 Å². The molecule has 21 heavy (non-hydrogen) atoms. The quantitative estimate of drug-likeness (QED) is 0.728. The number of benzene rings is 1. The maximum absolute atomic E-state index is 12.0. The van der Waals surface area contributed by atoms with Crippen molar-refractivity contribution >= 4 is 23.0 Å². The van der Waals surface area contributed by atoms with E-state index in [4.69, 9.17) is 10.5 Å². The number of fused-ring (bicyclic) bond motifs is 1. The number of aromatic nitrogens is 4. The van der Waals surface area contributed by atoms with Gasteiger partial charge in [-0.15, -0.1) is 0 Å². The molecule has 3 rings (SSSR count). The number of imidazole rings is 1. The molecule has 1 aromatic carbocycles. The molecule has 0 bridgehead atoms. The number of ether oxygens (including phenoxy) is 1. The number of nitrogens with two attached hydrogens (primary N) is 1. The minimum Gasteiger partial charge on any atom is -0.455 e. The molecule has 7 nitrogen and oxygen atoms in total. The Morgan fingerprint density at radius 2 is 2.05 bits per heavy atom. The number of hydrogen-bond acceptors (Lipinski definition) is 6. The number of carbonyl (C=O) groups is 1. The van der Waals surface area contributed by atoms with Crippen LogP contribution in [0.3, 0.4) is 0 Å². The molecule has 0 spiro atoms. The standard InChI is InChI=1S/C14H13N5O2/c1-19-8-16-10-11(15)17-12(18-13(10)19)14(20)21-7-9-5-3-2-4-6-9/h2-6,8H,7H2,1H3,(H2,15,17,18). The van der Waals surface area contributed by atoms with Crippen LogP contribution < -0.4 is 5.73 Å². The van der Waals surface area contributed by atoms with E-state index in [0.717, 1.165) is 5.56 Å². The number of carbonyl (C=O) groups excluding carboxylic acids is 1. The lowest BCUT2D eigenvalue weighted by molar-refractivity contribution is 0.0459. The van der Waals surface area contributed by atoms with E-state index in [1.165, 1.54) is 0 Å². The lowest BCUT2D eigenvalue weighted by atomic mass is 10.2. The first-order chi connectivity index (χ1) is 10.1. The van der Waals surface area contributed by atoms with Crippen LogP contribution in [0.15, 0.2) is 36.7 Å². The number of hydrogen-bond donors (Lipinski definition) is 1. The Hall–Kier alpha value is -2.96. The van der Waals surface area contributed by atoms with E-state index in [2.05, 4.69) is 15.0 Å². The summed E-state index contributed by atoms with van der Waals surface area (Å²) in [5.74, 6) is -0.527. The molecule has 0 aliphatic rings. The smallest absolute Gasteiger partial charge is 0.376 e. The third-order valence-electron chi connectivity index (χ3n) is 2.98. The molecule has 3 aromatic rings. The van der Waals surface area contributed by atoms with Gasteiger partial charge in [-0.1, -0.05) is 30.3 Å². The minimum atomic E-state index is -0.617. The van der Waals surface area contributed by atoms with Crippen LogP contribution in [-0.4, -0.2) is 25.5 Å². The number of nitrogen functional groups attached to an aromatic ring is 1. The van der Waals surface area contributed by atoms with Gasteiger partial charge in [-0.05, 0) is 5.56 Å². The molecule has 0 unspecified atom stereocenters. The predicted molar refractivity (Wildman–Crippen MR) is 76.3 cm³/mol. The molecule has 0 aliphatic heterocycles. The van der Waals surface area contributed by atoms with Crippen molar-refractivity contribution in [3.05, 3.63) is 48.0 Å². The predicted octanol–water partition coefficient (Wildman–Crippen LogP) is 1.30. The lowest BCUT2D eigenvalue weighted by Gasteiger charge is -2.05. The van der Waals surface area contributed by atoms with Gasteiger partial charge in [0, 0.05) is 7.05 Å². The Morgan fingerprint density at radius 1 is 1.29 bits per heavy atom. The van der Waals surface area contributed by atoms with Crippen LogP contribution in [0.25, 0.3) is 11.2 Å². The highest BCUT2D eigenvalue weighted by Crippen LogP contribution is 2.15. The second-order valence-corrected chi connectivity index (χ2v) is 4.52. The number of anilines is 1. The molecule has 2 heterocycles. The summed E-state index contributed by atoms with van der Waals surface area (Å²) in [6.07, 6.45) is 1.56. The molecule has 0 radical (unpaired) electrons. The summed E-state index contributed by atoms with van der Waals surface area (Å²) in [6.45, 7) is 0.159. The third-order valence-corrected chi connectivity index (χ3v) is 2.98. The van der Waals surface area contributed by atoms with E-state index in [1.807, 2.05) is 30.3 Å². The van der Waals surface area contributed by atoms with Crippen molar-refractivity contribution in [2.24, 2.45) is 7.05 Å². The van der Waals surface area contributed by atoms with Crippen molar-refractivity contribution in [1.82, 2.24) is 19.5 Å². The Balaban J connectivity index is 1.83. The first kappa shape index (κ1) is 13.0. The van der Waals surface area contributed by atoms with Crippen molar-refractivity contribution in [3.63, 3.8) is 0 Å². The Kier molecular flexibility index (Phi) is 3.23. The highest BCUT2D eigenvalue weighted by Gasteiger charge is 2.16. The highest BCUT2D eigenvalue weighted by molar-refractivity contribution is 5.90. The summed E-state index contributed by atoms with van der Waals surface area (Å²) in [6, 6.07) is 9.38. The van der Waals surface area contributed by atoms with E-state index in [0.29, 0.717) is 11.2 Å². The second kappa shape index (κ2) is 5.20. The Morgan fingerprint density at radius 3 is 2.81 bits per heavy atom. The fourth-order valence-electron chi connectivity index (χ4n) is 1.91. The summed E-state index contributed by atoms with van der Waals surface area (Å²) in [4.78, 5) is 24.2. The van der Waals surface area contributed by atoms with Crippen LogP contribution in [0.2, 0.25) is 0 Å². The van der Waals surface area contributed by atoms with E-state index in [9.17, 15) is 4.79 Å². The molecule has 7 heteroatoms. The molecule has 0 saturated carbocycles. The van der Waals surface area contributed by atoms with Gasteiger partial charge < -0.3 is 15.0 Å². The average molecular weight is 283 g/mol. The van der Waals surface area contributed by atoms with Crippen molar-refractivity contribution in [2.45, 2.75) is 6.61 Å². The molecule has 0 saturated heterocycles. The first-order valence-electron chi connectivity index (χ1n) is 6.31. The Labute approximate surface area is 120 Å². The molecule has 0 amide bonds. The topological polar surface area (TPSA) is 95.9 Å². The van der Waals surface area contributed by atoms with Crippen molar-refractivity contribution in [3.8, 4) is 0 Å². The van der Waals surface area contributed by atoms with Gasteiger partial charge in [0.2, 0.25) is 5.82 Å². The van der Waals surface area contributed by atoms with Crippen molar-refractivity contribution in [1.29, 1.82) is 0 Å². The summed E-state index contributed by atoms with van der Waals surface area (Å²) in [7, 11) is 1.76. The zero-order chi connectivity index (χ0) is 14.8. The molecular formula is C14H13N5O2. The van der Waals surface area contributed by atoms with Gasteiger partial charge in [-0.3, -0.25) is 0 Å². The number of nitrogens with zero attached hydrogens (tertiary/aromatic N) is 4. The van der Waals surface area contributed by atoms with Gasteiger partial charge in [0.15, 0.2) is 11.5 Å². The highest BCUT2D eigenvalue weighted by atomic mass is 16.5. The normalized spacial score (nSPS) is 10.7. The summed E-state index contributed by atoms with van der Waals surface area (Å²) in [5, 5.41) is 0. The van der Waals surface area contributed by atoms with E-state index in [-0.39, 0.29) is 18.2 Å². The minimum absolute atomic E-state index is 0.0699. The maximum atomic E-state index is 12.0. The summed E-state index contributed by atoms with van der Waals surface area (Å²) >= 11 is 0. The van der Waals surface area contributed by atoms with Crippen LogP contribution in [-0.2, 0) is 18.4 Å². The van der Waals surface area contributed by atoms with Gasteiger partial charge in [-0.2, -0.15) is 0 Å². The van der Waals surface area contributed by atoms with E-state index >= 15 is 0 Å². The largest absolute Gasteiger partial charge is 0.455 e. The molecule has 2 aromatic heterocycles. The van der Waals surface area contributed by atoms with Gasteiger partial charge in [0.25, 0.3) is 0 Å². The van der Waals surface area contributed by atoms with Gasteiger partial charge in [-0.25, -0.2) is 19.7 Å². The molecule has 0 fully saturated rings. The summed E-state index contributed by atoms with van der Waals surface area (Å²) in [5.41, 5.74) is 7.63. The van der Waals surface area contributed by atoms with Crippen molar-refractivity contribution < 1.29 is 9.53 Å². The number of rotatable bonds is 3. The van der Waals surface area contributed by atoms with Crippen LogP contribution in [0.4, 0.5) is 5.82 Å². The van der Waals surface area contributed by atoms with Gasteiger partial charge in [0.05, 0.1) is 6.33 Å². The monoisotopic (exact) mass is 283 g/mol. The average Bonchev–Trinajstić information content (AvgIpc) is 2.88. The SMILES string of the molecule is Cn1cnc2c(N)nc(C(=O)OCc3ccccc3)nc21. The molecular weight excluding hydrogens is 270 g/mol. The zero-order valence-corrected chi connectivity index (χ0v) is 11.4. The van der Waals surface area contributed by atoms with Crippen LogP contribution >= 0.6 is 0 Å². The van der Waals surface area contributed by atoms with Gasteiger partial charge >= 0.3 is 5.97 Å². The zero-order valence-electron chi connectivity index (χ0n) is 11.4. The van der Waals surface area contributed by atoms with Crippen LogP contribution in [0.1, 0.15) is 16.2 Å². The maximum Gasteiger partial charge on any atom is 0.376 e. The van der Waals surface area contributed by atoms with E-state index < -0.39 is 5.97 Å². The fourth-order valence-corrected chi connectivity index (χ4v) is 1.91. The van der Waals surface area contributed by atoms with Gasteiger partial charge in [0.1, 0.15) is 12.1 Å². The molecule has 106 valence electrons. The van der Waals surface area contributed by atoms with Crippen molar-refractivity contribution in [2.75, 3.05) is 5.73 Å². The second-order valence-electron chi connectivity index (χ2n) is 4.52. The number of esters is 1. The molecule has 0 aliphatic carbocycles. The fraction of sp³-hybridized carbons (Fsp3) is 0.143. The molecule has 0 atom stereocenters.